The largest absolute Gasteiger partial charge is 0.333 e. The molecule has 1 aliphatic rings. The van der Waals surface area contributed by atoms with Crippen molar-refractivity contribution in [3.05, 3.63) is 18.2 Å². The molecule has 1 N–H and O–H groups in total. The minimum absolute atomic E-state index is 0.666. The fraction of sp³-hybridized carbons (Fsp3) is 0.727. The van der Waals surface area contributed by atoms with Gasteiger partial charge in [0.15, 0.2) is 0 Å². The molecule has 3 nitrogen and oxygen atoms in total. The second-order valence-corrected chi connectivity index (χ2v) is 4.04. The van der Waals surface area contributed by atoms with Crippen LogP contribution >= 0.6 is 0 Å². The van der Waals surface area contributed by atoms with E-state index in [0.717, 1.165) is 13.0 Å². The Kier molecular flexibility index (Phi) is 3.19. The van der Waals surface area contributed by atoms with Gasteiger partial charge in [0.05, 0.1) is 0 Å². The monoisotopic (exact) mass is 193 g/mol. The first kappa shape index (κ1) is 9.71. The van der Waals surface area contributed by atoms with Crippen LogP contribution in [0.3, 0.4) is 0 Å². The highest BCUT2D eigenvalue weighted by molar-refractivity contribution is 4.94. The van der Waals surface area contributed by atoms with E-state index in [0.29, 0.717) is 6.04 Å². The summed E-state index contributed by atoms with van der Waals surface area (Å²) in [5, 5.41) is 3.52. The van der Waals surface area contributed by atoms with E-state index in [4.69, 9.17) is 0 Å². The first-order valence-electron chi connectivity index (χ1n) is 5.63. The van der Waals surface area contributed by atoms with Gasteiger partial charge in [-0.15, -0.1) is 0 Å². The van der Waals surface area contributed by atoms with Gasteiger partial charge in [0, 0.05) is 31.4 Å². The third-order valence-corrected chi connectivity index (χ3v) is 2.85. The minimum atomic E-state index is 0.666. The fourth-order valence-corrected chi connectivity index (χ4v) is 2.11. The maximum atomic E-state index is 4.38. The summed E-state index contributed by atoms with van der Waals surface area (Å²) < 4.78 is 2.30. The average molecular weight is 193 g/mol. The molecular formula is C11H19N3. The number of aryl methyl sites for hydroxylation is 1. The number of aromatic nitrogens is 2. The maximum Gasteiger partial charge on any atom is 0.108 e. The summed E-state index contributed by atoms with van der Waals surface area (Å²) in [4.78, 5) is 4.38. The van der Waals surface area contributed by atoms with E-state index >= 15 is 0 Å². The van der Waals surface area contributed by atoms with Crippen LogP contribution in [0.1, 0.15) is 32.0 Å². The van der Waals surface area contributed by atoms with Gasteiger partial charge in [-0.1, -0.05) is 6.92 Å². The van der Waals surface area contributed by atoms with Crippen LogP contribution in [-0.2, 0) is 13.0 Å². The predicted octanol–water partition coefficient (Wildman–Crippen LogP) is 1.59. The van der Waals surface area contributed by atoms with E-state index in [1.165, 1.54) is 31.6 Å². The van der Waals surface area contributed by atoms with Gasteiger partial charge in [-0.2, -0.15) is 0 Å². The molecule has 1 saturated heterocycles. The Morgan fingerprint density at radius 1 is 1.64 bits per heavy atom. The molecule has 0 spiro atoms. The molecule has 1 aromatic heterocycles. The Labute approximate surface area is 85.5 Å². The molecule has 0 saturated carbocycles. The Balaban J connectivity index is 1.96. The molecule has 0 aromatic carbocycles. The minimum Gasteiger partial charge on any atom is -0.333 e. The lowest BCUT2D eigenvalue weighted by molar-refractivity contribution is 0.495. The van der Waals surface area contributed by atoms with Crippen LogP contribution in [0.15, 0.2) is 12.4 Å². The van der Waals surface area contributed by atoms with Crippen LogP contribution in [0.5, 0.6) is 0 Å². The molecule has 2 rings (SSSR count). The predicted molar refractivity (Wildman–Crippen MR) is 57.2 cm³/mol. The molecule has 1 atom stereocenters. The van der Waals surface area contributed by atoms with Crippen LogP contribution < -0.4 is 5.32 Å². The van der Waals surface area contributed by atoms with Gasteiger partial charge >= 0.3 is 0 Å². The number of hydrogen-bond donors (Lipinski definition) is 1. The molecule has 2 heterocycles. The molecule has 3 heteroatoms. The highest BCUT2D eigenvalue weighted by atomic mass is 15.1. The molecule has 0 amide bonds. The summed E-state index contributed by atoms with van der Waals surface area (Å²) in [7, 11) is 0. The molecule has 0 unspecified atom stereocenters. The van der Waals surface area contributed by atoms with E-state index < -0.39 is 0 Å². The molecule has 1 aliphatic heterocycles. The number of nitrogens with zero attached hydrogens (tertiary/aromatic N) is 2. The second-order valence-electron chi connectivity index (χ2n) is 4.04. The second kappa shape index (κ2) is 4.60. The lowest BCUT2D eigenvalue weighted by Crippen LogP contribution is -2.27. The molecule has 1 aromatic rings. The lowest BCUT2D eigenvalue weighted by atomic mass is 10.2. The standard InChI is InChI=1S/C11H19N3/c1-2-4-11-13-7-8-14(11)9-10-5-3-6-12-10/h7-8,10,12H,2-6,9H2,1H3/t10-/m0/s1. The van der Waals surface area contributed by atoms with Gasteiger partial charge < -0.3 is 9.88 Å². The van der Waals surface area contributed by atoms with Crippen LogP contribution in [0, 0.1) is 0 Å². The molecular weight excluding hydrogens is 174 g/mol. The summed E-state index contributed by atoms with van der Waals surface area (Å²) in [6, 6.07) is 0.666. The summed E-state index contributed by atoms with van der Waals surface area (Å²) >= 11 is 0. The van der Waals surface area contributed by atoms with Crippen LogP contribution in [0.4, 0.5) is 0 Å². The number of nitrogens with one attached hydrogen (secondary N) is 1. The van der Waals surface area contributed by atoms with Gasteiger partial charge in [0.1, 0.15) is 5.82 Å². The van der Waals surface area contributed by atoms with E-state index in [1.54, 1.807) is 0 Å². The van der Waals surface area contributed by atoms with Crippen molar-refractivity contribution in [2.45, 2.75) is 45.2 Å². The van der Waals surface area contributed by atoms with Crippen molar-refractivity contribution < 1.29 is 0 Å². The van der Waals surface area contributed by atoms with E-state index in [1.807, 2.05) is 6.20 Å². The van der Waals surface area contributed by atoms with Crippen molar-refractivity contribution in [1.82, 2.24) is 14.9 Å². The van der Waals surface area contributed by atoms with Crippen LogP contribution in [0.25, 0.3) is 0 Å². The molecule has 0 aliphatic carbocycles. The van der Waals surface area contributed by atoms with Gasteiger partial charge in [-0.3, -0.25) is 0 Å². The third-order valence-electron chi connectivity index (χ3n) is 2.85. The fourth-order valence-electron chi connectivity index (χ4n) is 2.11. The zero-order valence-corrected chi connectivity index (χ0v) is 8.87. The SMILES string of the molecule is CCCc1nccn1C[C@@H]1CCCN1. The Hall–Kier alpha value is -0.830. The zero-order chi connectivity index (χ0) is 9.80. The quantitative estimate of drug-likeness (QED) is 0.787. The van der Waals surface area contributed by atoms with Crippen molar-refractivity contribution in [3.8, 4) is 0 Å². The van der Waals surface area contributed by atoms with Crippen molar-refractivity contribution in [2.24, 2.45) is 0 Å². The molecule has 14 heavy (non-hydrogen) atoms. The molecule has 0 radical (unpaired) electrons. The number of imidazole rings is 1. The van der Waals surface area contributed by atoms with E-state index in [-0.39, 0.29) is 0 Å². The number of rotatable bonds is 4. The molecule has 1 fully saturated rings. The molecule has 0 bridgehead atoms. The topological polar surface area (TPSA) is 29.9 Å². The first-order chi connectivity index (χ1) is 6.90. The van der Waals surface area contributed by atoms with Gasteiger partial charge in [-0.05, 0) is 25.8 Å². The van der Waals surface area contributed by atoms with Crippen molar-refractivity contribution in [3.63, 3.8) is 0 Å². The van der Waals surface area contributed by atoms with Crippen LogP contribution in [-0.4, -0.2) is 22.1 Å². The zero-order valence-electron chi connectivity index (χ0n) is 8.87. The van der Waals surface area contributed by atoms with E-state index in [9.17, 15) is 0 Å². The summed E-state index contributed by atoms with van der Waals surface area (Å²) in [5.41, 5.74) is 0. The number of hydrogen-bond acceptors (Lipinski definition) is 2. The first-order valence-corrected chi connectivity index (χ1v) is 5.63. The summed E-state index contributed by atoms with van der Waals surface area (Å²) in [6.07, 6.45) is 8.92. The maximum absolute atomic E-state index is 4.38. The van der Waals surface area contributed by atoms with Gasteiger partial charge in [0.2, 0.25) is 0 Å². The van der Waals surface area contributed by atoms with Gasteiger partial charge in [0.25, 0.3) is 0 Å². The Morgan fingerprint density at radius 3 is 3.29 bits per heavy atom. The Bertz CT molecular complexity index is 274. The Morgan fingerprint density at radius 2 is 2.57 bits per heavy atom. The van der Waals surface area contributed by atoms with Crippen molar-refractivity contribution in [2.75, 3.05) is 6.54 Å². The summed E-state index contributed by atoms with van der Waals surface area (Å²) in [5.74, 6) is 1.24. The highest BCUT2D eigenvalue weighted by Gasteiger charge is 2.15. The normalized spacial score (nSPS) is 21.6. The molecule has 78 valence electrons. The smallest absolute Gasteiger partial charge is 0.108 e. The van der Waals surface area contributed by atoms with Gasteiger partial charge in [-0.25, -0.2) is 4.98 Å². The summed E-state index contributed by atoms with van der Waals surface area (Å²) in [6.45, 7) is 4.48. The highest BCUT2D eigenvalue weighted by Crippen LogP contribution is 2.09. The van der Waals surface area contributed by atoms with E-state index in [2.05, 4.69) is 28.0 Å². The van der Waals surface area contributed by atoms with Crippen molar-refractivity contribution in [1.29, 1.82) is 0 Å². The average Bonchev–Trinajstić information content (AvgIpc) is 2.80. The van der Waals surface area contributed by atoms with Crippen LogP contribution in [0.2, 0.25) is 0 Å². The van der Waals surface area contributed by atoms with Crippen molar-refractivity contribution >= 4 is 0 Å². The third kappa shape index (κ3) is 2.15. The lowest BCUT2D eigenvalue weighted by Gasteiger charge is -2.13.